The number of carbonyl (C=O) groups excluding carboxylic acids is 3. The minimum Gasteiger partial charge on any atom is -0.352 e. The molecule has 0 aromatic heterocycles. The van der Waals surface area contributed by atoms with E-state index in [1.807, 2.05) is 0 Å². The number of hydrogen-bond acceptors (Lipinski definition) is 3. The van der Waals surface area contributed by atoms with Crippen LogP contribution in [0.3, 0.4) is 0 Å². The Bertz CT molecular complexity index is 611. The fourth-order valence-electron chi connectivity index (χ4n) is 6.25. The second-order valence-electron chi connectivity index (χ2n) is 8.85. The lowest BCUT2D eigenvalue weighted by Gasteiger charge is -2.64. The Kier molecular flexibility index (Phi) is 5.50. The summed E-state index contributed by atoms with van der Waals surface area (Å²) < 4.78 is 0. The molecule has 3 N–H and O–H groups in total. The van der Waals surface area contributed by atoms with Crippen LogP contribution in [0, 0.1) is 22.2 Å². The van der Waals surface area contributed by atoms with E-state index in [0.29, 0.717) is 38.9 Å². The van der Waals surface area contributed by atoms with Crippen LogP contribution >= 0.6 is 0 Å². The Labute approximate surface area is 166 Å². The van der Waals surface area contributed by atoms with Crippen LogP contribution in [0.15, 0.2) is 38.0 Å². The lowest BCUT2D eigenvalue weighted by atomic mass is 9.39. The van der Waals surface area contributed by atoms with Crippen molar-refractivity contribution in [2.45, 2.75) is 38.5 Å². The van der Waals surface area contributed by atoms with Gasteiger partial charge in [-0.1, -0.05) is 18.2 Å². The van der Waals surface area contributed by atoms with E-state index in [-0.39, 0.29) is 23.6 Å². The molecule has 4 aliphatic carbocycles. The number of rotatable bonds is 9. The van der Waals surface area contributed by atoms with Crippen LogP contribution in [-0.4, -0.2) is 37.4 Å². The van der Waals surface area contributed by atoms with Crippen molar-refractivity contribution in [1.29, 1.82) is 0 Å². The molecule has 0 spiro atoms. The summed E-state index contributed by atoms with van der Waals surface area (Å²) >= 11 is 0. The summed E-state index contributed by atoms with van der Waals surface area (Å²) in [6.45, 7) is 12.2. The van der Waals surface area contributed by atoms with E-state index < -0.39 is 16.2 Å². The first-order chi connectivity index (χ1) is 13.4. The molecule has 0 unspecified atom stereocenters. The molecule has 6 nitrogen and oxygen atoms in total. The summed E-state index contributed by atoms with van der Waals surface area (Å²) in [5.41, 5.74) is -2.04. The third kappa shape index (κ3) is 3.29. The van der Waals surface area contributed by atoms with Gasteiger partial charge >= 0.3 is 0 Å². The molecular weight excluding hydrogens is 354 g/mol. The molecule has 4 bridgehead atoms. The highest BCUT2D eigenvalue weighted by molar-refractivity contribution is 5.92. The van der Waals surface area contributed by atoms with E-state index in [1.165, 1.54) is 0 Å². The predicted molar refractivity (Wildman–Crippen MR) is 108 cm³/mol. The van der Waals surface area contributed by atoms with Crippen molar-refractivity contribution in [3.05, 3.63) is 38.0 Å². The molecule has 0 heterocycles. The Morgan fingerprint density at radius 3 is 1.21 bits per heavy atom. The van der Waals surface area contributed by atoms with Crippen molar-refractivity contribution in [3.63, 3.8) is 0 Å². The average molecular weight is 386 g/mol. The van der Waals surface area contributed by atoms with Gasteiger partial charge in [-0.05, 0) is 44.4 Å². The van der Waals surface area contributed by atoms with Crippen LogP contribution < -0.4 is 16.0 Å². The first-order valence-electron chi connectivity index (χ1n) is 10.0. The van der Waals surface area contributed by atoms with Crippen molar-refractivity contribution < 1.29 is 14.4 Å². The molecule has 0 atom stereocenters. The smallest absolute Gasteiger partial charge is 0.226 e. The van der Waals surface area contributed by atoms with Crippen LogP contribution in [0.1, 0.15) is 38.5 Å². The fourth-order valence-corrected chi connectivity index (χ4v) is 6.25. The lowest BCUT2D eigenvalue weighted by Crippen LogP contribution is -2.67. The molecular formula is C22H31N3O3. The van der Waals surface area contributed by atoms with Crippen molar-refractivity contribution >= 4 is 17.7 Å². The van der Waals surface area contributed by atoms with Gasteiger partial charge in [0.1, 0.15) is 0 Å². The van der Waals surface area contributed by atoms with E-state index >= 15 is 0 Å². The summed E-state index contributed by atoms with van der Waals surface area (Å²) in [7, 11) is 0. The van der Waals surface area contributed by atoms with Gasteiger partial charge in [-0.25, -0.2) is 0 Å². The van der Waals surface area contributed by atoms with Gasteiger partial charge in [-0.2, -0.15) is 0 Å². The van der Waals surface area contributed by atoms with E-state index in [1.54, 1.807) is 18.2 Å². The predicted octanol–water partition coefficient (Wildman–Crippen LogP) is 1.85. The number of amides is 3. The second-order valence-corrected chi connectivity index (χ2v) is 8.85. The Hall–Kier alpha value is -2.37. The van der Waals surface area contributed by atoms with Gasteiger partial charge < -0.3 is 16.0 Å². The van der Waals surface area contributed by atoms with Gasteiger partial charge in [-0.3, -0.25) is 14.4 Å². The van der Waals surface area contributed by atoms with Crippen molar-refractivity contribution in [1.82, 2.24) is 16.0 Å². The van der Waals surface area contributed by atoms with Crippen LogP contribution in [0.4, 0.5) is 0 Å². The van der Waals surface area contributed by atoms with E-state index in [9.17, 15) is 14.4 Å². The number of carbonyl (C=O) groups is 3. The summed E-state index contributed by atoms with van der Waals surface area (Å²) in [4.78, 5) is 39.5. The summed E-state index contributed by atoms with van der Waals surface area (Å²) in [6, 6.07) is 0. The molecule has 0 radical (unpaired) electrons. The van der Waals surface area contributed by atoms with Gasteiger partial charge in [-0.15, -0.1) is 19.7 Å². The standard InChI is InChI=1S/C22H31N3O3/c1-4-7-23-17(26)20-10-16-11-21(13-20,18(27)24-8-5-2)15-22(12-16,14-20)19(28)25-9-6-3/h4-6,16H,1-3,7-15H2,(H,23,26)(H,24,27)(H,25,28). The van der Waals surface area contributed by atoms with E-state index in [0.717, 1.165) is 19.3 Å². The highest BCUT2D eigenvalue weighted by Crippen LogP contribution is 2.70. The number of nitrogens with one attached hydrogen (secondary N) is 3. The maximum Gasteiger partial charge on any atom is 0.226 e. The molecule has 4 aliphatic rings. The summed E-state index contributed by atoms with van der Waals surface area (Å²) in [5.74, 6) is 0.0181. The van der Waals surface area contributed by atoms with Gasteiger partial charge in [0.15, 0.2) is 0 Å². The zero-order valence-corrected chi connectivity index (χ0v) is 16.5. The highest BCUT2D eigenvalue weighted by Gasteiger charge is 2.69. The monoisotopic (exact) mass is 385 g/mol. The van der Waals surface area contributed by atoms with E-state index in [4.69, 9.17) is 0 Å². The maximum atomic E-state index is 13.2. The van der Waals surface area contributed by atoms with Gasteiger partial charge in [0, 0.05) is 19.6 Å². The van der Waals surface area contributed by atoms with Crippen LogP contribution in [0.2, 0.25) is 0 Å². The van der Waals surface area contributed by atoms with Crippen LogP contribution in [-0.2, 0) is 14.4 Å². The molecule has 28 heavy (non-hydrogen) atoms. The molecule has 4 rings (SSSR count). The minimum atomic E-state index is -0.681. The minimum absolute atomic E-state index is 0.0571. The summed E-state index contributed by atoms with van der Waals surface area (Å²) in [6.07, 6.45) is 8.66. The topological polar surface area (TPSA) is 87.3 Å². The number of hydrogen-bond donors (Lipinski definition) is 3. The summed E-state index contributed by atoms with van der Waals surface area (Å²) in [5, 5.41) is 8.81. The normalized spacial score (nSPS) is 34.9. The van der Waals surface area contributed by atoms with Crippen molar-refractivity contribution in [3.8, 4) is 0 Å². The molecule has 3 amide bonds. The molecule has 6 heteroatoms. The van der Waals surface area contributed by atoms with Gasteiger partial charge in [0.05, 0.1) is 16.2 Å². The SMILES string of the molecule is C=CCNC(=O)C12CC3CC(C(=O)NCC=C)(C1)CC(C(=O)NCC=C)(C3)C2. The molecule has 0 aliphatic heterocycles. The third-order valence-electron chi connectivity index (χ3n) is 6.73. The largest absolute Gasteiger partial charge is 0.352 e. The van der Waals surface area contributed by atoms with Crippen molar-refractivity contribution in [2.24, 2.45) is 22.2 Å². The van der Waals surface area contributed by atoms with E-state index in [2.05, 4.69) is 35.7 Å². The lowest BCUT2D eigenvalue weighted by molar-refractivity contribution is -0.187. The first-order valence-corrected chi connectivity index (χ1v) is 10.0. The molecule has 0 aromatic carbocycles. The maximum absolute atomic E-state index is 13.2. The highest BCUT2D eigenvalue weighted by atomic mass is 16.2. The van der Waals surface area contributed by atoms with Gasteiger partial charge in [0.25, 0.3) is 0 Å². The molecule has 152 valence electrons. The molecule has 4 saturated carbocycles. The quantitative estimate of drug-likeness (QED) is 0.530. The second kappa shape index (κ2) is 7.57. The third-order valence-corrected chi connectivity index (χ3v) is 6.73. The first kappa shape index (κ1) is 20.4. The fraction of sp³-hybridized carbons (Fsp3) is 0.591. The Morgan fingerprint density at radius 1 is 0.679 bits per heavy atom. The average Bonchev–Trinajstić information content (AvgIpc) is 2.67. The Balaban J connectivity index is 1.98. The Morgan fingerprint density at radius 2 is 0.964 bits per heavy atom. The van der Waals surface area contributed by atoms with Crippen LogP contribution in [0.5, 0.6) is 0 Å². The van der Waals surface area contributed by atoms with Crippen LogP contribution in [0.25, 0.3) is 0 Å². The van der Waals surface area contributed by atoms with Crippen molar-refractivity contribution in [2.75, 3.05) is 19.6 Å². The van der Waals surface area contributed by atoms with Gasteiger partial charge in [0.2, 0.25) is 17.7 Å². The zero-order chi connectivity index (χ0) is 20.4. The molecule has 4 fully saturated rings. The zero-order valence-electron chi connectivity index (χ0n) is 16.5. The molecule has 0 aromatic rings. The molecule has 0 saturated heterocycles.